The van der Waals surface area contributed by atoms with Crippen LogP contribution in [0.1, 0.15) is 25.0 Å². The molecule has 280 valence electrons. The van der Waals surface area contributed by atoms with Gasteiger partial charge in [-0.05, 0) is 123 Å². The molecule has 1 aliphatic carbocycles. The molecule has 0 bridgehead atoms. The van der Waals surface area contributed by atoms with E-state index in [0.717, 1.165) is 22.7 Å². The summed E-state index contributed by atoms with van der Waals surface area (Å²) in [5, 5.41) is 2.49. The van der Waals surface area contributed by atoms with Crippen molar-refractivity contribution in [3.63, 3.8) is 0 Å². The van der Waals surface area contributed by atoms with Crippen LogP contribution >= 0.6 is 0 Å². The van der Waals surface area contributed by atoms with Gasteiger partial charge in [-0.1, -0.05) is 159 Å². The summed E-state index contributed by atoms with van der Waals surface area (Å²) in [5.74, 6) is 0. The van der Waals surface area contributed by atoms with Gasteiger partial charge in [-0.2, -0.15) is 0 Å². The van der Waals surface area contributed by atoms with Gasteiger partial charge < -0.3 is 9.47 Å². The Bertz CT molecular complexity index is 3160. The number of para-hydroxylation sites is 3. The fourth-order valence-corrected chi connectivity index (χ4v) is 9.46. The average Bonchev–Trinajstić information content (AvgIpc) is 3.75. The third kappa shape index (κ3) is 5.79. The Hall–Kier alpha value is -7.42. The maximum Gasteiger partial charge on any atom is 0.0541 e. The van der Waals surface area contributed by atoms with Gasteiger partial charge in [-0.15, -0.1) is 0 Å². The lowest BCUT2D eigenvalue weighted by atomic mass is 9.81. The standard InChI is InChI=1S/C57H42N2/c1-57(2)52-24-14-12-23-48(52)49-33-28-43(38-53(49)57)42-30-35-56-51(37-42)50-36-41(29-34-55(50)59(56)45-20-10-5-11-21-45)39-26-31-46(32-27-39)58(44-18-8-4-9-19-44)54-25-15-13-22-47(54)40-16-6-3-7-17-40/h3-38H,1-2H3. The zero-order valence-corrected chi connectivity index (χ0v) is 33.2. The largest absolute Gasteiger partial charge is 0.310 e. The molecule has 10 aromatic rings. The van der Waals surface area contributed by atoms with Crippen LogP contribution in [0, 0.1) is 0 Å². The molecule has 2 nitrogen and oxygen atoms in total. The molecular weight excluding hydrogens is 713 g/mol. The second-order valence-corrected chi connectivity index (χ2v) is 16.2. The van der Waals surface area contributed by atoms with Crippen LogP contribution in [0.25, 0.3) is 72.0 Å². The minimum atomic E-state index is -0.0524. The van der Waals surface area contributed by atoms with E-state index < -0.39 is 0 Å². The predicted octanol–water partition coefficient (Wildman–Crippen LogP) is 15.6. The maximum absolute atomic E-state index is 2.43. The Morgan fingerprint density at radius 1 is 0.356 bits per heavy atom. The number of hydrogen-bond donors (Lipinski definition) is 0. The molecule has 0 aliphatic heterocycles. The van der Waals surface area contributed by atoms with E-state index in [9.17, 15) is 0 Å². The van der Waals surface area contributed by atoms with E-state index in [1.54, 1.807) is 0 Å². The first-order valence-electron chi connectivity index (χ1n) is 20.5. The van der Waals surface area contributed by atoms with Gasteiger partial charge >= 0.3 is 0 Å². The van der Waals surface area contributed by atoms with Crippen LogP contribution in [-0.4, -0.2) is 4.57 Å². The smallest absolute Gasteiger partial charge is 0.0541 e. The number of hydrogen-bond acceptors (Lipinski definition) is 1. The minimum absolute atomic E-state index is 0.0524. The van der Waals surface area contributed by atoms with Gasteiger partial charge in [-0.3, -0.25) is 0 Å². The maximum atomic E-state index is 2.43. The van der Waals surface area contributed by atoms with Gasteiger partial charge in [0.15, 0.2) is 0 Å². The summed E-state index contributed by atoms with van der Waals surface area (Å²) in [6, 6.07) is 79.7. The number of nitrogens with zero attached hydrogens (tertiary/aromatic N) is 2. The summed E-state index contributed by atoms with van der Waals surface area (Å²) in [5.41, 5.74) is 19.6. The van der Waals surface area contributed by atoms with Crippen LogP contribution in [-0.2, 0) is 5.41 Å². The Labute approximate surface area is 345 Å². The van der Waals surface area contributed by atoms with E-state index in [0.29, 0.717) is 0 Å². The van der Waals surface area contributed by atoms with Gasteiger partial charge in [0.2, 0.25) is 0 Å². The van der Waals surface area contributed by atoms with Crippen LogP contribution in [0.2, 0.25) is 0 Å². The molecule has 0 spiro atoms. The summed E-state index contributed by atoms with van der Waals surface area (Å²) in [4.78, 5) is 2.36. The van der Waals surface area contributed by atoms with Gasteiger partial charge in [0.25, 0.3) is 0 Å². The topological polar surface area (TPSA) is 8.17 Å². The third-order valence-corrected chi connectivity index (χ3v) is 12.4. The fourth-order valence-electron chi connectivity index (χ4n) is 9.46. The molecule has 59 heavy (non-hydrogen) atoms. The van der Waals surface area contributed by atoms with Crippen molar-refractivity contribution in [1.82, 2.24) is 4.57 Å². The molecule has 11 rings (SSSR count). The van der Waals surface area contributed by atoms with Gasteiger partial charge in [0.1, 0.15) is 0 Å². The zero-order valence-electron chi connectivity index (χ0n) is 33.2. The molecule has 0 atom stereocenters. The average molecular weight is 755 g/mol. The quantitative estimate of drug-likeness (QED) is 0.157. The van der Waals surface area contributed by atoms with Gasteiger partial charge in [0, 0.05) is 38.8 Å². The molecule has 2 heteroatoms. The molecule has 1 heterocycles. The molecule has 0 amide bonds. The van der Waals surface area contributed by atoms with Crippen LogP contribution in [0.15, 0.2) is 218 Å². The number of benzene rings is 9. The van der Waals surface area contributed by atoms with Crippen molar-refractivity contribution in [2.24, 2.45) is 0 Å². The highest BCUT2D eigenvalue weighted by Crippen LogP contribution is 2.50. The van der Waals surface area contributed by atoms with E-state index >= 15 is 0 Å². The zero-order chi connectivity index (χ0) is 39.5. The number of anilines is 3. The first-order valence-corrected chi connectivity index (χ1v) is 20.5. The molecule has 0 radical (unpaired) electrons. The lowest BCUT2D eigenvalue weighted by Crippen LogP contribution is -2.14. The van der Waals surface area contributed by atoms with Crippen molar-refractivity contribution >= 4 is 38.9 Å². The van der Waals surface area contributed by atoms with Gasteiger partial charge in [-0.25, -0.2) is 0 Å². The van der Waals surface area contributed by atoms with E-state index in [1.807, 2.05) is 0 Å². The van der Waals surface area contributed by atoms with E-state index in [1.165, 1.54) is 77.4 Å². The Kier molecular flexibility index (Phi) is 8.20. The Morgan fingerprint density at radius 3 is 1.54 bits per heavy atom. The fraction of sp³-hybridized carbons (Fsp3) is 0.0526. The van der Waals surface area contributed by atoms with E-state index in [2.05, 4.69) is 242 Å². The summed E-state index contributed by atoms with van der Waals surface area (Å²) < 4.78 is 2.41. The first kappa shape index (κ1) is 34.8. The molecule has 0 saturated heterocycles. The lowest BCUT2D eigenvalue weighted by Gasteiger charge is -2.28. The van der Waals surface area contributed by atoms with E-state index in [4.69, 9.17) is 0 Å². The third-order valence-electron chi connectivity index (χ3n) is 12.4. The number of rotatable bonds is 7. The number of fused-ring (bicyclic) bond motifs is 6. The normalized spacial score (nSPS) is 12.7. The van der Waals surface area contributed by atoms with Crippen molar-refractivity contribution < 1.29 is 0 Å². The summed E-state index contributed by atoms with van der Waals surface area (Å²) in [7, 11) is 0. The van der Waals surface area contributed by atoms with Crippen molar-refractivity contribution in [2.45, 2.75) is 19.3 Å². The molecule has 1 aliphatic rings. The van der Waals surface area contributed by atoms with E-state index in [-0.39, 0.29) is 5.41 Å². The summed E-state index contributed by atoms with van der Waals surface area (Å²) in [6.45, 7) is 4.71. The number of aromatic nitrogens is 1. The molecule has 0 unspecified atom stereocenters. The van der Waals surface area contributed by atoms with Crippen LogP contribution in [0.5, 0.6) is 0 Å². The second kappa shape index (κ2) is 13.9. The Balaban J connectivity index is 1.02. The van der Waals surface area contributed by atoms with Crippen molar-refractivity contribution in [2.75, 3.05) is 4.90 Å². The predicted molar refractivity (Wildman–Crippen MR) is 249 cm³/mol. The van der Waals surface area contributed by atoms with Crippen LogP contribution in [0.4, 0.5) is 17.1 Å². The first-order chi connectivity index (χ1) is 29.0. The van der Waals surface area contributed by atoms with Crippen molar-refractivity contribution in [3.05, 3.63) is 230 Å². The molecule has 0 saturated carbocycles. The lowest BCUT2D eigenvalue weighted by molar-refractivity contribution is 0.660. The van der Waals surface area contributed by atoms with Crippen LogP contribution < -0.4 is 4.90 Å². The molecular formula is C57H42N2. The van der Waals surface area contributed by atoms with Crippen LogP contribution in [0.3, 0.4) is 0 Å². The Morgan fingerprint density at radius 2 is 0.847 bits per heavy atom. The molecule has 0 N–H and O–H groups in total. The molecule has 9 aromatic carbocycles. The molecule has 0 fully saturated rings. The monoisotopic (exact) mass is 754 g/mol. The summed E-state index contributed by atoms with van der Waals surface area (Å²) >= 11 is 0. The highest BCUT2D eigenvalue weighted by molar-refractivity contribution is 6.11. The highest BCUT2D eigenvalue weighted by atomic mass is 15.1. The highest BCUT2D eigenvalue weighted by Gasteiger charge is 2.35. The molecule has 1 aromatic heterocycles. The van der Waals surface area contributed by atoms with Crippen molar-refractivity contribution in [3.8, 4) is 50.2 Å². The SMILES string of the molecule is CC1(C)c2ccccc2-c2ccc(-c3ccc4c(c3)c3cc(-c5ccc(N(c6ccccc6)c6ccccc6-c6ccccc6)cc5)ccc3n4-c3ccccc3)cc21. The minimum Gasteiger partial charge on any atom is -0.310 e. The summed E-state index contributed by atoms with van der Waals surface area (Å²) in [6.07, 6.45) is 0. The van der Waals surface area contributed by atoms with Gasteiger partial charge in [0.05, 0.1) is 16.7 Å². The second-order valence-electron chi connectivity index (χ2n) is 16.2. The van der Waals surface area contributed by atoms with Crippen molar-refractivity contribution in [1.29, 1.82) is 0 Å².